The first-order valence-electron chi connectivity index (χ1n) is 8.61. The Morgan fingerprint density at radius 3 is 2.77 bits per heavy atom. The van der Waals surface area contributed by atoms with Crippen LogP contribution in [0.3, 0.4) is 0 Å². The maximum absolute atomic E-state index is 12.8. The van der Waals surface area contributed by atoms with Crippen LogP contribution in [-0.2, 0) is 9.53 Å². The largest absolute Gasteiger partial charge is 0.497 e. The van der Waals surface area contributed by atoms with E-state index in [0.717, 1.165) is 30.8 Å². The average molecular weight is 354 g/mol. The molecule has 6 heteroatoms. The molecule has 1 atom stereocenters. The molecular formula is C20H22N2O4. The summed E-state index contributed by atoms with van der Waals surface area (Å²) in [6, 6.07) is 12.1. The fourth-order valence-corrected chi connectivity index (χ4v) is 2.83. The van der Waals surface area contributed by atoms with Crippen molar-refractivity contribution in [1.29, 1.82) is 0 Å². The topological polar surface area (TPSA) is 69.6 Å². The van der Waals surface area contributed by atoms with E-state index in [1.807, 2.05) is 24.3 Å². The highest BCUT2D eigenvalue weighted by Gasteiger charge is 2.18. The number of carbonyl (C=O) groups is 1. The van der Waals surface area contributed by atoms with Crippen molar-refractivity contribution in [3.63, 3.8) is 0 Å². The molecule has 1 aromatic carbocycles. The minimum absolute atomic E-state index is 0.0358. The van der Waals surface area contributed by atoms with E-state index in [2.05, 4.69) is 5.32 Å². The maximum Gasteiger partial charge on any atom is 0.268 e. The third-order valence-electron chi connectivity index (χ3n) is 4.25. The van der Waals surface area contributed by atoms with Gasteiger partial charge >= 0.3 is 0 Å². The quantitative estimate of drug-likeness (QED) is 0.807. The molecule has 1 aliphatic heterocycles. The van der Waals surface area contributed by atoms with Gasteiger partial charge in [0.1, 0.15) is 11.4 Å². The van der Waals surface area contributed by atoms with Gasteiger partial charge in [-0.25, -0.2) is 0 Å². The number of pyridine rings is 1. The molecule has 1 aliphatic rings. The van der Waals surface area contributed by atoms with Crippen LogP contribution >= 0.6 is 0 Å². The first kappa shape index (κ1) is 17.9. The zero-order valence-corrected chi connectivity index (χ0v) is 14.7. The lowest BCUT2D eigenvalue weighted by Gasteiger charge is -2.14. The summed E-state index contributed by atoms with van der Waals surface area (Å²) in [7, 11) is 1.60. The molecule has 136 valence electrons. The number of hydrogen-bond donors (Lipinski definition) is 1. The van der Waals surface area contributed by atoms with Gasteiger partial charge in [-0.1, -0.05) is 18.2 Å². The Hall–Kier alpha value is -2.86. The Balaban J connectivity index is 1.87. The minimum atomic E-state index is -0.315. The Morgan fingerprint density at radius 1 is 1.31 bits per heavy atom. The van der Waals surface area contributed by atoms with Gasteiger partial charge in [0, 0.05) is 25.4 Å². The van der Waals surface area contributed by atoms with Crippen molar-refractivity contribution in [3.05, 3.63) is 64.6 Å². The van der Waals surface area contributed by atoms with Crippen LogP contribution in [0.15, 0.2) is 53.5 Å². The van der Waals surface area contributed by atoms with E-state index >= 15 is 0 Å². The number of methoxy groups -OCH3 is 1. The Bertz CT molecular complexity index is 833. The third kappa shape index (κ3) is 4.40. The highest BCUT2D eigenvalue weighted by molar-refractivity contribution is 6.18. The summed E-state index contributed by atoms with van der Waals surface area (Å²) < 4.78 is 12.0. The molecule has 0 saturated carbocycles. The summed E-state index contributed by atoms with van der Waals surface area (Å²) in [4.78, 5) is 25.0. The van der Waals surface area contributed by atoms with Gasteiger partial charge in [-0.2, -0.15) is 0 Å². The van der Waals surface area contributed by atoms with Crippen LogP contribution in [0.2, 0.25) is 0 Å². The van der Waals surface area contributed by atoms with E-state index in [9.17, 15) is 9.59 Å². The van der Waals surface area contributed by atoms with E-state index in [1.165, 1.54) is 10.6 Å². The molecule has 1 aromatic heterocycles. The minimum Gasteiger partial charge on any atom is -0.497 e. The summed E-state index contributed by atoms with van der Waals surface area (Å²) in [6.07, 6.45) is 5.25. The maximum atomic E-state index is 12.8. The summed E-state index contributed by atoms with van der Waals surface area (Å²) in [5, 5.41) is 2.88. The van der Waals surface area contributed by atoms with Gasteiger partial charge in [-0.05, 0) is 42.7 Å². The molecule has 6 nitrogen and oxygen atoms in total. The van der Waals surface area contributed by atoms with Crippen LogP contribution < -0.4 is 15.6 Å². The predicted octanol–water partition coefficient (Wildman–Crippen LogP) is 2.15. The first-order chi connectivity index (χ1) is 12.7. The summed E-state index contributed by atoms with van der Waals surface area (Å²) >= 11 is 0. The van der Waals surface area contributed by atoms with Crippen LogP contribution in [0, 0.1) is 0 Å². The summed E-state index contributed by atoms with van der Waals surface area (Å²) in [5.74, 6) is 0.410. The molecule has 2 aromatic rings. The highest BCUT2D eigenvalue weighted by Crippen LogP contribution is 2.16. The number of ether oxygens (including phenoxy) is 2. The molecule has 26 heavy (non-hydrogen) atoms. The molecule has 0 bridgehead atoms. The Kier molecular flexibility index (Phi) is 5.86. The van der Waals surface area contributed by atoms with Crippen LogP contribution in [-0.4, -0.2) is 36.8 Å². The molecule has 2 heterocycles. The van der Waals surface area contributed by atoms with E-state index < -0.39 is 0 Å². The van der Waals surface area contributed by atoms with Crippen molar-refractivity contribution in [2.24, 2.45) is 0 Å². The Labute approximate surface area is 152 Å². The Morgan fingerprint density at radius 2 is 2.12 bits per heavy atom. The summed E-state index contributed by atoms with van der Waals surface area (Å²) in [6.45, 7) is 1.16. The van der Waals surface area contributed by atoms with Crippen molar-refractivity contribution in [2.75, 3.05) is 20.3 Å². The lowest BCUT2D eigenvalue weighted by molar-refractivity contribution is -0.116. The number of hydrogen-bond acceptors (Lipinski definition) is 4. The van der Waals surface area contributed by atoms with Crippen molar-refractivity contribution < 1.29 is 14.3 Å². The third-order valence-corrected chi connectivity index (χ3v) is 4.25. The molecular weight excluding hydrogens is 332 g/mol. The zero-order chi connectivity index (χ0) is 18.4. The number of carbonyl (C=O) groups excluding carboxylic acids is 1. The standard InChI is InChI=1S/C20H22N2O4/c1-25-16-9-7-15(8-10-16)13-18(22-11-3-2-6-19(22)23)20(24)21-14-17-5-4-12-26-17/h2-3,6-11,13,17H,4-5,12,14H2,1H3,(H,21,24). The molecule has 1 unspecified atom stereocenters. The molecule has 1 N–H and O–H groups in total. The van der Waals surface area contributed by atoms with Gasteiger partial charge in [0.2, 0.25) is 0 Å². The van der Waals surface area contributed by atoms with E-state index in [1.54, 1.807) is 31.5 Å². The molecule has 0 aliphatic carbocycles. The second-order valence-electron chi connectivity index (χ2n) is 6.06. The lowest BCUT2D eigenvalue weighted by atomic mass is 10.1. The van der Waals surface area contributed by atoms with Gasteiger partial charge in [0.25, 0.3) is 11.5 Å². The number of aromatic nitrogens is 1. The number of amides is 1. The SMILES string of the molecule is COc1ccc(C=C(C(=O)NCC2CCCO2)n2ccccc2=O)cc1. The van der Waals surface area contributed by atoms with Crippen LogP contribution in [0.4, 0.5) is 0 Å². The first-order valence-corrected chi connectivity index (χ1v) is 8.61. The fraction of sp³-hybridized carbons (Fsp3) is 0.300. The predicted molar refractivity (Wildman–Crippen MR) is 99.8 cm³/mol. The second-order valence-corrected chi connectivity index (χ2v) is 6.06. The fourth-order valence-electron chi connectivity index (χ4n) is 2.83. The highest BCUT2D eigenvalue weighted by atomic mass is 16.5. The monoisotopic (exact) mass is 354 g/mol. The van der Waals surface area contributed by atoms with Gasteiger partial charge < -0.3 is 14.8 Å². The molecule has 1 amide bonds. The average Bonchev–Trinajstić information content (AvgIpc) is 3.19. The molecule has 0 spiro atoms. The van der Waals surface area contributed by atoms with Gasteiger partial charge in [-0.15, -0.1) is 0 Å². The number of rotatable bonds is 6. The van der Waals surface area contributed by atoms with Crippen LogP contribution in [0.25, 0.3) is 11.8 Å². The molecule has 3 rings (SSSR count). The molecule has 0 radical (unpaired) electrons. The van der Waals surface area contributed by atoms with Gasteiger partial charge in [0.05, 0.1) is 13.2 Å². The van der Waals surface area contributed by atoms with Crippen molar-refractivity contribution in [2.45, 2.75) is 18.9 Å². The van der Waals surface area contributed by atoms with Crippen molar-refractivity contribution in [1.82, 2.24) is 9.88 Å². The number of nitrogens with zero attached hydrogens (tertiary/aromatic N) is 1. The van der Waals surface area contributed by atoms with Gasteiger partial charge in [0.15, 0.2) is 0 Å². The number of nitrogens with one attached hydrogen (secondary N) is 1. The van der Waals surface area contributed by atoms with Crippen LogP contribution in [0.1, 0.15) is 18.4 Å². The van der Waals surface area contributed by atoms with Crippen molar-refractivity contribution >= 4 is 17.7 Å². The number of benzene rings is 1. The van der Waals surface area contributed by atoms with E-state index in [-0.39, 0.29) is 23.3 Å². The normalized spacial score (nSPS) is 17.1. The lowest BCUT2D eigenvalue weighted by Crippen LogP contribution is -2.35. The van der Waals surface area contributed by atoms with E-state index in [4.69, 9.17) is 9.47 Å². The van der Waals surface area contributed by atoms with Crippen molar-refractivity contribution in [3.8, 4) is 5.75 Å². The zero-order valence-electron chi connectivity index (χ0n) is 14.7. The second kappa shape index (κ2) is 8.49. The van der Waals surface area contributed by atoms with Crippen LogP contribution in [0.5, 0.6) is 5.75 Å². The smallest absolute Gasteiger partial charge is 0.268 e. The molecule has 1 fully saturated rings. The van der Waals surface area contributed by atoms with Gasteiger partial charge in [-0.3, -0.25) is 14.2 Å². The van der Waals surface area contributed by atoms with E-state index in [0.29, 0.717) is 6.54 Å². The molecule has 1 saturated heterocycles. The summed E-state index contributed by atoms with van der Waals surface area (Å²) in [5.41, 5.74) is 0.794.